The Kier molecular flexibility index (Phi) is 4.56. The predicted octanol–water partition coefficient (Wildman–Crippen LogP) is 3.92. The number of Topliss-reactive ketones (excluding diaryl/α,β-unsaturated/α-hetero) is 1. The Morgan fingerprint density at radius 2 is 1.58 bits per heavy atom. The zero-order valence-electron chi connectivity index (χ0n) is 14.1. The summed E-state index contributed by atoms with van der Waals surface area (Å²) in [6.07, 6.45) is 3.18. The quantitative estimate of drug-likeness (QED) is 0.855. The Labute approximate surface area is 141 Å². The van der Waals surface area contributed by atoms with Gasteiger partial charge in [-0.1, -0.05) is 11.6 Å². The fraction of sp³-hybridized carbons (Fsp3) is 0.250. The molecule has 4 heteroatoms. The molecule has 0 aliphatic heterocycles. The molecule has 0 saturated carbocycles. The van der Waals surface area contributed by atoms with E-state index in [4.69, 9.17) is 14.2 Å². The molecule has 3 rings (SSSR count). The van der Waals surface area contributed by atoms with E-state index >= 15 is 0 Å². The van der Waals surface area contributed by atoms with Crippen molar-refractivity contribution in [3.63, 3.8) is 0 Å². The average Bonchev–Trinajstić information content (AvgIpc) is 2.61. The maximum Gasteiger partial charge on any atom is 0.167 e. The molecular weight excluding hydrogens is 304 g/mol. The molecule has 2 aromatic rings. The molecule has 0 unspecified atom stereocenters. The maximum absolute atomic E-state index is 12.4. The maximum atomic E-state index is 12.4. The first kappa shape index (κ1) is 16.1. The fourth-order valence-electron chi connectivity index (χ4n) is 2.98. The van der Waals surface area contributed by atoms with Gasteiger partial charge >= 0.3 is 0 Å². The third-order valence-electron chi connectivity index (χ3n) is 4.22. The summed E-state index contributed by atoms with van der Waals surface area (Å²) in [6.45, 7) is 0. The number of hydrogen-bond acceptors (Lipinski definition) is 4. The first-order valence-corrected chi connectivity index (χ1v) is 7.76. The smallest absolute Gasteiger partial charge is 0.167 e. The van der Waals surface area contributed by atoms with Crippen molar-refractivity contribution in [3.05, 3.63) is 58.7 Å². The number of hydrogen-bond donors (Lipinski definition) is 0. The van der Waals surface area contributed by atoms with Crippen LogP contribution < -0.4 is 14.2 Å². The summed E-state index contributed by atoms with van der Waals surface area (Å²) in [6, 6.07) is 11.3. The molecule has 0 bridgehead atoms. The molecule has 0 atom stereocenters. The number of carbonyl (C=O) groups is 1. The van der Waals surface area contributed by atoms with Crippen LogP contribution in [0, 0.1) is 0 Å². The van der Waals surface area contributed by atoms with Crippen molar-refractivity contribution >= 4 is 11.9 Å². The summed E-state index contributed by atoms with van der Waals surface area (Å²) in [5, 5.41) is 0. The van der Waals surface area contributed by atoms with Crippen LogP contribution in [0.5, 0.6) is 17.2 Å². The zero-order valence-corrected chi connectivity index (χ0v) is 14.1. The van der Waals surface area contributed by atoms with Crippen LogP contribution in [0.4, 0.5) is 0 Å². The Hall–Kier alpha value is -2.75. The van der Waals surface area contributed by atoms with Crippen LogP contribution in [0.1, 0.15) is 27.9 Å². The monoisotopic (exact) mass is 324 g/mol. The van der Waals surface area contributed by atoms with Crippen LogP contribution in [0.3, 0.4) is 0 Å². The van der Waals surface area contributed by atoms with Gasteiger partial charge in [-0.15, -0.1) is 0 Å². The van der Waals surface area contributed by atoms with E-state index in [2.05, 4.69) is 0 Å². The number of rotatable bonds is 4. The molecule has 0 heterocycles. The van der Waals surface area contributed by atoms with Gasteiger partial charge in [0.15, 0.2) is 5.78 Å². The second kappa shape index (κ2) is 6.79. The Morgan fingerprint density at radius 3 is 2.29 bits per heavy atom. The minimum absolute atomic E-state index is 0.137. The van der Waals surface area contributed by atoms with Crippen LogP contribution in [-0.4, -0.2) is 27.1 Å². The van der Waals surface area contributed by atoms with Gasteiger partial charge in [0.05, 0.1) is 21.3 Å². The van der Waals surface area contributed by atoms with Crippen LogP contribution in [0.2, 0.25) is 0 Å². The molecule has 0 N–H and O–H groups in total. The summed E-state index contributed by atoms with van der Waals surface area (Å²) >= 11 is 0. The minimum atomic E-state index is 0.137. The topological polar surface area (TPSA) is 44.8 Å². The standard InChI is InChI=1S/C20H20O4/c1-22-16-6-7-18-15(11-16)9-13(10-19(18)21)8-14-4-5-17(23-2)12-20(14)24-3/h4-8,11-12H,9-10H2,1-3H3/b13-8-. The van der Waals surface area contributed by atoms with Gasteiger partial charge < -0.3 is 14.2 Å². The number of benzene rings is 2. The van der Waals surface area contributed by atoms with Gasteiger partial charge in [-0.3, -0.25) is 4.79 Å². The van der Waals surface area contributed by atoms with Crippen LogP contribution in [0.15, 0.2) is 42.0 Å². The first-order chi connectivity index (χ1) is 11.6. The molecule has 0 amide bonds. The lowest BCUT2D eigenvalue weighted by atomic mass is 9.86. The SMILES string of the molecule is COc1ccc2c(c1)C/C(=C/c1ccc(OC)cc1OC)CC2=O. The number of carbonyl (C=O) groups excluding carboxylic acids is 1. The number of ketones is 1. The predicted molar refractivity (Wildman–Crippen MR) is 93.2 cm³/mol. The molecule has 0 radical (unpaired) electrons. The highest BCUT2D eigenvalue weighted by Gasteiger charge is 2.21. The molecule has 124 valence electrons. The van der Waals surface area contributed by atoms with Crippen molar-refractivity contribution < 1.29 is 19.0 Å². The van der Waals surface area contributed by atoms with E-state index in [9.17, 15) is 4.79 Å². The number of fused-ring (bicyclic) bond motifs is 1. The summed E-state index contributed by atoms with van der Waals surface area (Å²) < 4.78 is 15.9. The average molecular weight is 324 g/mol. The molecule has 1 aliphatic carbocycles. The van der Waals surface area contributed by atoms with Crippen molar-refractivity contribution in [3.8, 4) is 17.2 Å². The van der Waals surface area contributed by atoms with E-state index in [1.54, 1.807) is 21.3 Å². The van der Waals surface area contributed by atoms with Crippen molar-refractivity contribution in [2.75, 3.05) is 21.3 Å². The highest BCUT2D eigenvalue weighted by molar-refractivity contribution is 6.01. The van der Waals surface area contributed by atoms with Crippen molar-refractivity contribution in [2.24, 2.45) is 0 Å². The molecule has 4 nitrogen and oxygen atoms in total. The first-order valence-electron chi connectivity index (χ1n) is 7.76. The van der Waals surface area contributed by atoms with Gasteiger partial charge in [-0.05, 0) is 42.3 Å². The van der Waals surface area contributed by atoms with Gasteiger partial charge in [-0.2, -0.15) is 0 Å². The van der Waals surface area contributed by atoms with Gasteiger partial charge in [0.1, 0.15) is 17.2 Å². The van der Waals surface area contributed by atoms with E-state index in [-0.39, 0.29) is 5.78 Å². The van der Waals surface area contributed by atoms with E-state index in [1.165, 1.54) is 0 Å². The lowest BCUT2D eigenvalue weighted by Crippen LogP contribution is -2.13. The lowest BCUT2D eigenvalue weighted by Gasteiger charge is -2.19. The molecular formula is C20H20O4. The molecule has 24 heavy (non-hydrogen) atoms. The Morgan fingerprint density at radius 1 is 0.875 bits per heavy atom. The zero-order chi connectivity index (χ0) is 17.1. The molecule has 0 spiro atoms. The van der Waals surface area contributed by atoms with Gasteiger partial charge in [-0.25, -0.2) is 0 Å². The van der Waals surface area contributed by atoms with Crippen LogP contribution in [0.25, 0.3) is 6.08 Å². The summed E-state index contributed by atoms with van der Waals surface area (Å²) in [5.41, 5.74) is 3.79. The summed E-state index contributed by atoms with van der Waals surface area (Å²) in [4.78, 5) is 12.4. The van der Waals surface area contributed by atoms with E-state index in [0.29, 0.717) is 6.42 Å². The molecule has 0 saturated heterocycles. The highest BCUT2D eigenvalue weighted by atomic mass is 16.5. The Balaban J connectivity index is 1.96. The van der Waals surface area contributed by atoms with E-state index in [0.717, 1.165) is 45.9 Å². The van der Waals surface area contributed by atoms with Crippen LogP contribution >= 0.6 is 0 Å². The third-order valence-corrected chi connectivity index (χ3v) is 4.22. The number of methoxy groups -OCH3 is 3. The van der Waals surface area contributed by atoms with Gasteiger partial charge in [0.25, 0.3) is 0 Å². The Bertz CT molecular complexity index is 805. The third kappa shape index (κ3) is 3.13. The van der Waals surface area contributed by atoms with Crippen molar-refractivity contribution in [1.82, 2.24) is 0 Å². The van der Waals surface area contributed by atoms with Crippen molar-refractivity contribution in [1.29, 1.82) is 0 Å². The number of ether oxygens (including phenoxy) is 3. The van der Waals surface area contributed by atoms with E-state index < -0.39 is 0 Å². The van der Waals surface area contributed by atoms with E-state index in [1.807, 2.05) is 42.5 Å². The highest BCUT2D eigenvalue weighted by Crippen LogP contribution is 2.32. The largest absolute Gasteiger partial charge is 0.497 e. The van der Waals surface area contributed by atoms with Crippen molar-refractivity contribution in [2.45, 2.75) is 12.8 Å². The lowest BCUT2D eigenvalue weighted by molar-refractivity contribution is 0.0987. The molecule has 0 aromatic heterocycles. The molecule has 2 aromatic carbocycles. The second-order valence-electron chi connectivity index (χ2n) is 5.71. The molecule has 1 aliphatic rings. The minimum Gasteiger partial charge on any atom is -0.497 e. The summed E-state index contributed by atoms with van der Waals surface area (Å²) in [7, 11) is 4.88. The summed E-state index contributed by atoms with van der Waals surface area (Å²) in [5.74, 6) is 2.37. The fourth-order valence-corrected chi connectivity index (χ4v) is 2.98. The van der Waals surface area contributed by atoms with Gasteiger partial charge in [0, 0.05) is 23.6 Å². The number of allylic oxidation sites excluding steroid dienone is 1. The normalized spacial score (nSPS) is 15.1. The van der Waals surface area contributed by atoms with Crippen LogP contribution in [-0.2, 0) is 6.42 Å². The molecule has 0 fully saturated rings. The second-order valence-corrected chi connectivity index (χ2v) is 5.71. The van der Waals surface area contributed by atoms with Gasteiger partial charge in [0.2, 0.25) is 0 Å².